The molecule has 9 nitrogen and oxygen atoms in total. The summed E-state index contributed by atoms with van der Waals surface area (Å²) in [4.78, 5) is 26.2. The molecule has 3 rings (SSSR count). The number of piperazine rings is 1. The number of carbonyl (C=O) groups is 2. The molecule has 30 heavy (non-hydrogen) atoms. The first-order valence-electron chi connectivity index (χ1n) is 9.88. The van der Waals surface area contributed by atoms with E-state index >= 15 is 0 Å². The van der Waals surface area contributed by atoms with Crippen molar-refractivity contribution in [3.05, 3.63) is 30.5 Å². The number of nitrogens with one attached hydrogen (secondary N) is 1. The second-order valence-electron chi connectivity index (χ2n) is 8.23. The number of fused-ring (bicyclic) bond motifs is 1. The molecule has 1 atom stereocenters. The molecule has 166 valence electrons. The van der Waals surface area contributed by atoms with Crippen molar-refractivity contribution in [2.75, 3.05) is 39.3 Å². The molecule has 2 aromatic rings. The SMILES string of the molecule is CC(C)(C)N1CCN(C[C@H](O)COc2cccc3[nH]ccc23)CC1.O=C(O)C(=O)O. The molecule has 1 aromatic carbocycles. The normalized spacial score (nSPS) is 16.5. The Morgan fingerprint density at radius 2 is 1.73 bits per heavy atom. The highest BCUT2D eigenvalue weighted by atomic mass is 16.5. The maximum absolute atomic E-state index is 10.3. The van der Waals surface area contributed by atoms with Gasteiger partial charge in [0.25, 0.3) is 0 Å². The summed E-state index contributed by atoms with van der Waals surface area (Å²) in [5.41, 5.74) is 1.28. The van der Waals surface area contributed by atoms with Crippen LogP contribution in [-0.4, -0.2) is 93.0 Å². The molecule has 1 aliphatic rings. The molecule has 1 saturated heterocycles. The average Bonchev–Trinajstić information content (AvgIpc) is 3.16. The van der Waals surface area contributed by atoms with Crippen molar-refractivity contribution in [3.8, 4) is 5.75 Å². The third-order valence-corrected chi connectivity index (χ3v) is 4.96. The van der Waals surface area contributed by atoms with Gasteiger partial charge in [-0.1, -0.05) is 6.07 Å². The molecule has 0 aliphatic carbocycles. The molecule has 0 bridgehead atoms. The predicted molar refractivity (Wildman–Crippen MR) is 113 cm³/mol. The number of carboxylic acid groups (broad SMARTS) is 2. The summed E-state index contributed by atoms with van der Waals surface area (Å²) in [5.74, 6) is -2.82. The van der Waals surface area contributed by atoms with Crippen LogP contribution in [0.5, 0.6) is 5.75 Å². The molecule has 9 heteroatoms. The van der Waals surface area contributed by atoms with Gasteiger partial charge in [0, 0.05) is 55.4 Å². The van der Waals surface area contributed by atoms with Crippen molar-refractivity contribution in [1.82, 2.24) is 14.8 Å². The van der Waals surface area contributed by atoms with Gasteiger partial charge in [0.1, 0.15) is 18.5 Å². The molecule has 0 unspecified atom stereocenters. The number of H-pyrrole nitrogens is 1. The largest absolute Gasteiger partial charge is 0.490 e. The zero-order valence-electron chi connectivity index (χ0n) is 17.7. The molecule has 4 N–H and O–H groups in total. The summed E-state index contributed by atoms with van der Waals surface area (Å²) in [6, 6.07) is 7.94. The second kappa shape index (κ2) is 10.4. The van der Waals surface area contributed by atoms with Crippen LogP contribution in [0.2, 0.25) is 0 Å². The molecule has 0 amide bonds. The topological polar surface area (TPSA) is 126 Å². The first kappa shape index (κ1) is 23.7. The Labute approximate surface area is 175 Å². The fourth-order valence-electron chi connectivity index (χ4n) is 3.32. The van der Waals surface area contributed by atoms with E-state index in [0.29, 0.717) is 13.2 Å². The third kappa shape index (κ3) is 7.01. The number of aliphatic hydroxyl groups excluding tert-OH is 1. The number of aliphatic carboxylic acids is 2. The van der Waals surface area contributed by atoms with E-state index in [9.17, 15) is 5.11 Å². The number of benzene rings is 1. The maximum atomic E-state index is 10.3. The van der Waals surface area contributed by atoms with Crippen LogP contribution in [0.15, 0.2) is 30.5 Å². The van der Waals surface area contributed by atoms with Crippen molar-refractivity contribution < 1.29 is 29.6 Å². The zero-order valence-corrected chi connectivity index (χ0v) is 17.7. The Bertz CT molecular complexity index is 825. The van der Waals surface area contributed by atoms with Crippen molar-refractivity contribution in [3.63, 3.8) is 0 Å². The molecule has 0 spiro atoms. The minimum Gasteiger partial charge on any atom is -0.490 e. The summed E-state index contributed by atoms with van der Waals surface area (Å²) in [6.07, 6.45) is 1.43. The smallest absolute Gasteiger partial charge is 0.414 e. The number of aromatic amines is 1. The molecule has 1 aromatic heterocycles. The van der Waals surface area contributed by atoms with E-state index in [1.807, 2.05) is 30.5 Å². The Kier molecular flexibility index (Phi) is 8.22. The van der Waals surface area contributed by atoms with Crippen LogP contribution in [0.1, 0.15) is 20.8 Å². The number of nitrogens with zero attached hydrogens (tertiary/aromatic N) is 2. The van der Waals surface area contributed by atoms with Crippen LogP contribution in [0.25, 0.3) is 10.9 Å². The van der Waals surface area contributed by atoms with Crippen molar-refractivity contribution in [2.24, 2.45) is 0 Å². The van der Waals surface area contributed by atoms with Gasteiger partial charge in [-0.15, -0.1) is 0 Å². The Morgan fingerprint density at radius 3 is 2.30 bits per heavy atom. The van der Waals surface area contributed by atoms with Crippen molar-refractivity contribution >= 4 is 22.8 Å². The summed E-state index contributed by atoms with van der Waals surface area (Å²) in [7, 11) is 0. The molecule has 2 heterocycles. The van der Waals surface area contributed by atoms with Crippen LogP contribution < -0.4 is 4.74 Å². The first-order chi connectivity index (χ1) is 14.1. The summed E-state index contributed by atoms with van der Waals surface area (Å²) < 4.78 is 5.85. The van der Waals surface area contributed by atoms with Gasteiger partial charge < -0.3 is 25.0 Å². The number of hydrogen-bond donors (Lipinski definition) is 4. The van der Waals surface area contributed by atoms with Crippen LogP contribution in [0.4, 0.5) is 0 Å². The van der Waals surface area contributed by atoms with Gasteiger partial charge >= 0.3 is 11.9 Å². The molecule has 1 aliphatic heterocycles. The fourth-order valence-corrected chi connectivity index (χ4v) is 3.32. The standard InChI is InChI=1S/C19H29N3O2.C2H2O4/c1-19(2,3)22-11-9-21(10-12-22)13-15(23)14-24-18-6-4-5-17-16(18)7-8-20-17;3-1(4)2(5)6/h4-8,15,20,23H,9-14H2,1-3H3;(H,3,4)(H,5,6)/t15-;/m0./s1. The van der Waals surface area contributed by atoms with Crippen LogP contribution in [0.3, 0.4) is 0 Å². The highest BCUT2D eigenvalue weighted by molar-refractivity contribution is 6.27. The van der Waals surface area contributed by atoms with Gasteiger partial charge in [0.05, 0.1) is 0 Å². The summed E-state index contributed by atoms with van der Waals surface area (Å²) in [5, 5.41) is 26.2. The average molecular weight is 421 g/mol. The van der Waals surface area contributed by atoms with Crippen molar-refractivity contribution in [1.29, 1.82) is 0 Å². The number of ether oxygens (including phenoxy) is 1. The van der Waals surface area contributed by atoms with Gasteiger partial charge in [-0.2, -0.15) is 0 Å². The first-order valence-corrected chi connectivity index (χ1v) is 9.88. The van der Waals surface area contributed by atoms with Gasteiger partial charge in [-0.25, -0.2) is 9.59 Å². The van der Waals surface area contributed by atoms with E-state index in [4.69, 9.17) is 24.5 Å². The third-order valence-electron chi connectivity index (χ3n) is 4.96. The van der Waals surface area contributed by atoms with E-state index in [1.54, 1.807) is 0 Å². The van der Waals surface area contributed by atoms with E-state index < -0.39 is 18.0 Å². The van der Waals surface area contributed by atoms with E-state index in [0.717, 1.165) is 42.8 Å². The number of aromatic nitrogens is 1. The van der Waals surface area contributed by atoms with Gasteiger partial charge in [-0.05, 0) is 39.0 Å². The highest BCUT2D eigenvalue weighted by Gasteiger charge is 2.26. The minimum atomic E-state index is -1.82. The van der Waals surface area contributed by atoms with Gasteiger partial charge in [0.15, 0.2) is 0 Å². The lowest BCUT2D eigenvalue weighted by molar-refractivity contribution is -0.159. The molecule has 0 saturated carbocycles. The molecule has 1 fully saturated rings. The monoisotopic (exact) mass is 421 g/mol. The van der Waals surface area contributed by atoms with E-state index in [1.165, 1.54) is 0 Å². The van der Waals surface area contributed by atoms with Crippen LogP contribution in [-0.2, 0) is 9.59 Å². The molecule has 0 radical (unpaired) electrons. The van der Waals surface area contributed by atoms with Gasteiger partial charge in [-0.3, -0.25) is 9.80 Å². The Hall–Kier alpha value is -2.62. The lowest BCUT2D eigenvalue weighted by Gasteiger charge is -2.42. The van der Waals surface area contributed by atoms with Crippen LogP contribution in [0, 0.1) is 0 Å². The number of hydrogen-bond acceptors (Lipinski definition) is 6. The molecular weight excluding hydrogens is 390 g/mol. The Balaban J connectivity index is 0.000000469. The van der Waals surface area contributed by atoms with Gasteiger partial charge in [0.2, 0.25) is 0 Å². The quantitative estimate of drug-likeness (QED) is 0.535. The lowest BCUT2D eigenvalue weighted by Crippen LogP contribution is -2.54. The minimum absolute atomic E-state index is 0.225. The van der Waals surface area contributed by atoms with Crippen LogP contribution >= 0.6 is 0 Å². The number of carboxylic acids is 2. The van der Waals surface area contributed by atoms with E-state index in [-0.39, 0.29) is 5.54 Å². The van der Waals surface area contributed by atoms with E-state index in [2.05, 4.69) is 35.6 Å². The molecular formula is C21H31N3O6. The summed E-state index contributed by atoms with van der Waals surface area (Å²) in [6.45, 7) is 11.9. The lowest BCUT2D eigenvalue weighted by atomic mass is 10.0. The highest BCUT2D eigenvalue weighted by Crippen LogP contribution is 2.24. The fraction of sp³-hybridized carbons (Fsp3) is 0.524. The zero-order chi connectivity index (χ0) is 22.3. The summed E-state index contributed by atoms with van der Waals surface area (Å²) >= 11 is 0. The maximum Gasteiger partial charge on any atom is 0.414 e. The number of β-amino-alcohol motifs (C(OH)–C–C–N with tert-alkyl or cyclic N) is 1. The number of aliphatic hydroxyl groups is 1. The second-order valence-corrected chi connectivity index (χ2v) is 8.23. The number of rotatable bonds is 5. The predicted octanol–water partition coefficient (Wildman–Crippen LogP) is 1.48. The Morgan fingerprint density at radius 1 is 1.10 bits per heavy atom. The van der Waals surface area contributed by atoms with Crippen molar-refractivity contribution in [2.45, 2.75) is 32.4 Å².